The van der Waals surface area contributed by atoms with Crippen molar-refractivity contribution in [3.63, 3.8) is 0 Å². The van der Waals surface area contributed by atoms with E-state index in [0.29, 0.717) is 52.8 Å². The Balaban J connectivity index is 1.08. The lowest BCUT2D eigenvalue weighted by atomic mass is 10.0. The molecule has 0 aromatic heterocycles. The van der Waals surface area contributed by atoms with Gasteiger partial charge in [-0.15, -0.1) is 0 Å². The lowest BCUT2D eigenvalue weighted by Gasteiger charge is -2.32. The molecule has 0 radical (unpaired) electrons. The standard InChI is InChI=1S/C33H29ClN4O5/c34-25-12-14-29-26(18-25)33(42-15-4-16-43-33)32(41)38(29)20-30(39)36-19-21-7-9-23(10-8-21)31(40)37-28-17-24(11-13-27(28)35)22-5-2-1-3-6-22/h1-3,5-14,17-18H,4,15-16,19-20,35H2,(H,36,39)(H,37,40). The molecule has 43 heavy (non-hydrogen) atoms. The van der Waals surface area contributed by atoms with E-state index in [9.17, 15) is 14.4 Å². The molecule has 0 atom stereocenters. The van der Waals surface area contributed by atoms with E-state index in [1.54, 1.807) is 48.5 Å². The monoisotopic (exact) mass is 596 g/mol. The van der Waals surface area contributed by atoms with Crippen LogP contribution in [0.3, 0.4) is 0 Å². The topological polar surface area (TPSA) is 123 Å². The molecule has 4 aromatic carbocycles. The van der Waals surface area contributed by atoms with Crippen molar-refractivity contribution >= 4 is 46.4 Å². The molecule has 9 nitrogen and oxygen atoms in total. The number of anilines is 3. The van der Waals surface area contributed by atoms with Crippen LogP contribution in [-0.4, -0.2) is 37.5 Å². The van der Waals surface area contributed by atoms with E-state index in [1.807, 2.05) is 42.5 Å². The number of fused-ring (bicyclic) bond motifs is 2. The molecule has 2 aliphatic heterocycles. The van der Waals surface area contributed by atoms with Crippen LogP contribution < -0.4 is 21.3 Å². The molecule has 6 rings (SSSR count). The zero-order valence-electron chi connectivity index (χ0n) is 23.1. The Kier molecular flexibility index (Phi) is 7.86. The van der Waals surface area contributed by atoms with E-state index in [2.05, 4.69) is 10.6 Å². The Morgan fingerprint density at radius 1 is 0.907 bits per heavy atom. The predicted octanol–water partition coefficient (Wildman–Crippen LogP) is 5.09. The number of rotatable bonds is 7. The van der Waals surface area contributed by atoms with Gasteiger partial charge in [0, 0.05) is 22.7 Å². The lowest BCUT2D eigenvalue weighted by Crippen LogP contribution is -2.49. The average molecular weight is 597 g/mol. The molecule has 4 aromatic rings. The highest BCUT2D eigenvalue weighted by molar-refractivity contribution is 6.31. The van der Waals surface area contributed by atoms with E-state index in [0.717, 1.165) is 16.7 Å². The molecule has 4 N–H and O–H groups in total. The summed E-state index contributed by atoms with van der Waals surface area (Å²) in [5.41, 5.74) is 11.3. The van der Waals surface area contributed by atoms with Gasteiger partial charge in [0.2, 0.25) is 5.91 Å². The molecule has 0 saturated carbocycles. The highest BCUT2D eigenvalue weighted by Gasteiger charge is 2.55. The molecule has 1 fully saturated rings. The summed E-state index contributed by atoms with van der Waals surface area (Å²) in [6.45, 7) is 0.713. The minimum atomic E-state index is -1.58. The second-order valence-corrected chi connectivity index (χ2v) is 10.8. The summed E-state index contributed by atoms with van der Waals surface area (Å²) in [7, 11) is 0. The zero-order chi connectivity index (χ0) is 30.0. The molecule has 0 aliphatic carbocycles. The number of hydrogen-bond acceptors (Lipinski definition) is 6. The van der Waals surface area contributed by atoms with Gasteiger partial charge in [0.1, 0.15) is 6.54 Å². The van der Waals surface area contributed by atoms with E-state index < -0.39 is 11.7 Å². The van der Waals surface area contributed by atoms with E-state index in [1.165, 1.54) is 4.90 Å². The van der Waals surface area contributed by atoms with E-state index >= 15 is 0 Å². The third kappa shape index (κ3) is 5.70. The molecule has 0 bridgehead atoms. The Morgan fingerprint density at radius 3 is 2.40 bits per heavy atom. The Hall–Kier alpha value is -4.70. The minimum Gasteiger partial charge on any atom is -0.397 e. The highest BCUT2D eigenvalue weighted by Crippen LogP contribution is 2.46. The third-order valence-corrected chi connectivity index (χ3v) is 7.68. The second kappa shape index (κ2) is 11.9. The number of nitrogens with two attached hydrogens (primary N) is 1. The number of carbonyl (C=O) groups is 3. The first kappa shape index (κ1) is 28.4. The first-order valence-electron chi connectivity index (χ1n) is 13.9. The van der Waals surface area contributed by atoms with Crippen molar-refractivity contribution in [1.82, 2.24) is 5.32 Å². The maximum absolute atomic E-state index is 13.4. The summed E-state index contributed by atoms with van der Waals surface area (Å²) >= 11 is 6.20. The predicted molar refractivity (Wildman–Crippen MR) is 165 cm³/mol. The van der Waals surface area contributed by atoms with Crippen LogP contribution >= 0.6 is 11.6 Å². The molecular weight excluding hydrogens is 568 g/mol. The molecule has 2 aliphatic rings. The number of carbonyl (C=O) groups excluding carboxylic acids is 3. The number of halogens is 1. The van der Waals surface area contributed by atoms with Crippen LogP contribution in [0.2, 0.25) is 5.02 Å². The third-order valence-electron chi connectivity index (χ3n) is 7.45. The van der Waals surface area contributed by atoms with Gasteiger partial charge in [0.05, 0.1) is 30.3 Å². The molecule has 10 heteroatoms. The summed E-state index contributed by atoms with van der Waals surface area (Å²) in [5.74, 6) is -2.70. The molecule has 1 saturated heterocycles. The normalized spacial score (nSPS) is 15.3. The van der Waals surface area contributed by atoms with E-state index in [4.69, 9.17) is 26.8 Å². The van der Waals surface area contributed by atoms with Crippen LogP contribution in [0, 0.1) is 0 Å². The number of nitrogens with one attached hydrogen (secondary N) is 2. The van der Waals surface area contributed by atoms with Gasteiger partial charge >= 0.3 is 0 Å². The van der Waals surface area contributed by atoms with Crippen molar-refractivity contribution in [2.75, 3.05) is 35.7 Å². The van der Waals surface area contributed by atoms with E-state index in [-0.39, 0.29) is 24.9 Å². The van der Waals surface area contributed by atoms with Crippen LogP contribution in [0.4, 0.5) is 17.1 Å². The van der Waals surface area contributed by atoms with Crippen LogP contribution in [0.5, 0.6) is 0 Å². The van der Waals surface area contributed by atoms with Crippen molar-refractivity contribution in [1.29, 1.82) is 0 Å². The Morgan fingerprint density at radius 2 is 1.65 bits per heavy atom. The summed E-state index contributed by atoms with van der Waals surface area (Å²) in [6, 6.07) is 27.2. The number of ether oxygens (including phenoxy) is 2. The van der Waals surface area contributed by atoms with Crippen molar-refractivity contribution in [2.24, 2.45) is 0 Å². The fraction of sp³-hybridized carbons (Fsp3) is 0.182. The van der Waals surface area contributed by atoms with Crippen molar-refractivity contribution in [2.45, 2.75) is 18.8 Å². The maximum atomic E-state index is 13.4. The second-order valence-electron chi connectivity index (χ2n) is 10.3. The summed E-state index contributed by atoms with van der Waals surface area (Å²) in [5, 5.41) is 6.17. The van der Waals surface area contributed by atoms with Gasteiger partial charge in [-0.25, -0.2) is 0 Å². The van der Waals surface area contributed by atoms with Gasteiger partial charge in [-0.2, -0.15) is 0 Å². The van der Waals surface area contributed by atoms with Crippen LogP contribution in [0.1, 0.15) is 27.9 Å². The SMILES string of the molecule is Nc1ccc(-c2ccccc2)cc1NC(=O)c1ccc(CNC(=O)CN2C(=O)C3(OCCCO3)c3cc(Cl)ccc32)cc1. The van der Waals surface area contributed by atoms with Crippen molar-refractivity contribution < 1.29 is 23.9 Å². The van der Waals surface area contributed by atoms with Crippen LogP contribution in [-0.2, 0) is 31.4 Å². The lowest BCUT2D eigenvalue weighted by molar-refractivity contribution is -0.256. The van der Waals surface area contributed by atoms with Gasteiger partial charge in [-0.3, -0.25) is 19.3 Å². The first-order valence-corrected chi connectivity index (χ1v) is 14.2. The minimum absolute atomic E-state index is 0.209. The van der Waals surface area contributed by atoms with Gasteiger partial charge < -0.3 is 25.8 Å². The Bertz CT molecular complexity index is 1690. The number of amides is 3. The number of nitrogen functional groups attached to an aromatic ring is 1. The van der Waals surface area contributed by atoms with Gasteiger partial charge in [0.15, 0.2) is 0 Å². The largest absolute Gasteiger partial charge is 0.397 e. The molecule has 1 spiro atoms. The summed E-state index contributed by atoms with van der Waals surface area (Å²) < 4.78 is 11.6. The summed E-state index contributed by atoms with van der Waals surface area (Å²) in [6.07, 6.45) is 0.668. The fourth-order valence-corrected chi connectivity index (χ4v) is 5.39. The Labute approximate surface area is 253 Å². The van der Waals surface area contributed by atoms with Crippen LogP contribution in [0.25, 0.3) is 11.1 Å². The first-order chi connectivity index (χ1) is 20.8. The molecule has 218 valence electrons. The maximum Gasteiger partial charge on any atom is 0.293 e. The van der Waals surface area contributed by atoms with Crippen molar-refractivity contribution in [3.8, 4) is 11.1 Å². The molecule has 0 unspecified atom stereocenters. The summed E-state index contributed by atoms with van der Waals surface area (Å²) in [4.78, 5) is 40.7. The van der Waals surface area contributed by atoms with Gasteiger partial charge in [-0.1, -0.05) is 60.1 Å². The average Bonchev–Trinajstić information content (AvgIpc) is 3.24. The van der Waals surface area contributed by atoms with Crippen molar-refractivity contribution in [3.05, 3.63) is 113 Å². The van der Waals surface area contributed by atoms with Crippen LogP contribution in [0.15, 0.2) is 91.0 Å². The zero-order valence-corrected chi connectivity index (χ0v) is 23.9. The van der Waals surface area contributed by atoms with Gasteiger partial charge in [-0.05, 0) is 65.6 Å². The smallest absolute Gasteiger partial charge is 0.293 e. The number of nitrogens with zero attached hydrogens (tertiary/aromatic N) is 1. The van der Waals surface area contributed by atoms with Gasteiger partial charge in [0.25, 0.3) is 17.6 Å². The molecule has 3 amide bonds. The molecule has 2 heterocycles. The highest BCUT2D eigenvalue weighted by atomic mass is 35.5. The molecular formula is C33H29ClN4O5. The fourth-order valence-electron chi connectivity index (χ4n) is 5.22. The number of hydrogen-bond donors (Lipinski definition) is 3. The number of benzene rings is 4. The quantitative estimate of drug-likeness (QED) is 0.255.